The van der Waals surface area contributed by atoms with E-state index >= 15 is 0 Å². The Labute approximate surface area is 167 Å². The fraction of sp³-hybridized carbons (Fsp3) is 0.476. The van der Waals surface area contributed by atoms with E-state index in [1.807, 2.05) is 0 Å². The van der Waals surface area contributed by atoms with Gasteiger partial charge in [-0.15, -0.1) is 0 Å². The van der Waals surface area contributed by atoms with E-state index in [2.05, 4.69) is 15.1 Å². The summed E-state index contributed by atoms with van der Waals surface area (Å²) in [5, 5.41) is 15.5. The molecule has 0 amide bonds. The van der Waals surface area contributed by atoms with Crippen LogP contribution in [-0.2, 0) is 7.05 Å². The zero-order chi connectivity index (χ0) is 20.2. The molecule has 3 aliphatic carbocycles. The molecule has 0 aliphatic heterocycles. The van der Waals surface area contributed by atoms with Gasteiger partial charge in [-0.05, 0) is 56.7 Å². The van der Waals surface area contributed by atoms with Gasteiger partial charge in [-0.2, -0.15) is 10.1 Å². The Morgan fingerprint density at radius 1 is 1.21 bits per heavy atom. The van der Waals surface area contributed by atoms with E-state index in [4.69, 9.17) is 10.5 Å². The molecule has 7 nitrogen and oxygen atoms in total. The van der Waals surface area contributed by atoms with Gasteiger partial charge in [0.2, 0.25) is 5.95 Å². The van der Waals surface area contributed by atoms with E-state index < -0.39 is 11.4 Å². The molecule has 0 unspecified atom stereocenters. The minimum absolute atomic E-state index is 0.0596. The number of benzene rings is 1. The molecule has 0 atom stereocenters. The van der Waals surface area contributed by atoms with Crippen molar-refractivity contribution >= 4 is 17.0 Å². The number of aryl methyl sites for hydroxylation is 1. The van der Waals surface area contributed by atoms with Crippen LogP contribution in [0.15, 0.2) is 24.4 Å². The van der Waals surface area contributed by atoms with Gasteiger partial charge in [0.25, 0.3) is 0 Å². The van der Waals surface area contributed by atoms with Crippen LogP contribution in [0.5, 0.6) is 5.75 Å². The summed E-state index contributed by atoms with van der Waals surface area (Å²) in [5.74, 6) is -0.00215. The number of ether oxygens (including phenoxy) is 1. The van der Waals surface area contributed by atoms with E-state index in [1.165, 1.54) is 6.07 Å². The zero-order valence-electron chi connectivity index (χ0n) is 16.4. The number of aliphatic hydroxyl groups is 1. The van der Waals surface area contributed by atoms with Gasteiger partial charge in [0.15, 0.2) is 17.2 Å². The normalized spacial score (nSPS) is 26.2. The number of fused-ring (bicyclic) bond motifs is 4. The second kappa shape index (κ2) is 6.38. The molecule has 3 aliphatic rings. The highest BCUT2D eigenvalue weighted by atomic mass is 19.1. The molecular formula is C21H24FN5O2. The lowest BCUT2D eigenvalue weighted by Crippen LogP contribution is -2.48. The van der Waals surface area contributed by atoms with E-state index in [9.17, 15) is 9.50 Å². The molecule has 2 bridgehead atoms. The quantitative estimate of drug-likeness (QED) is 0.701. The third-order valence-corrected chi connectivity index (χ3v) is 6.70. The van der Waals surface area contributed by atoms with Crippen molar-refractivity contribution in [1.82, 2.24) is 19.7 Å². The topological polar surface area (TPSA) is 99.1 Å². The Hall–Kier alpha value is -2.74. The molecule has 0 spiro atoms. The number of hydrogen-bond acceptors (Lipinski definition) is 6. The fourth-order valence-corrected chi connectivity index (χ4v) is 4.72. The predicted molar refractivity (Wildman–Crippen MR) is 107 cm³/mol. The molecule has 2 aromatic heterocycles. The van der Waals surface area contributed by atoms with Crippen LogP contribution < -0.4 is 10.5 Å². The Morgan fingerprint density at radius 3 is 2.62 bits per heavy atom. The van der Waals surface area contributed by atoms with Crippen molar-refractivity contribution in [3.05, 3.63) is 30.2 Å². The first kappa shape index (κ1) is 18.3. The van der Waals surface area contributed by atoms with Crippen molar-refractivity contribution in [2.75, 3.05) is 12.3 Å². The SMILES string of the molecule is Cn1nc(-c2ccc(OCC34CCC(O)(CC3)CC4)c(F)c2)c2cnc(N)nc21. The number of nitrogen functional groups attached to an aromatic ring is 1. The average molecular weight is 397 g/mol. The summed E-state index contributed by atoms with van der Waals surface area (Å²) in [6.45, 7) is 0.485. The van der Waals surface area contributed by atoms with Crippen molar-refractivity contribution in [3.63, 3.8) is 0 Å². The van der Waals surface area contributed by atoms with Crippen LogP contribution in [0.25, 0.3) is 22.3 Å². The van der Waals surface area contributed by atoms with E-state index in [0.29, 0.717) is 28.9 Å². The van der Waals surface area contributed by atoms with Crippen LogP contribution in [0.2, 0.25) is 0 Å². The van der Waals surface area contributed by atoms with Crippen molar-refractivity contribution in [1.29, 1.82) is 0 Å². The van der Waals surface area contributed by atoms with Crippen LogP contribution in [0.1, 0.15) is 38.5 Å². The van der Waals surface area contributed by atoms with Gasteiger partial charge in [-0.3, -0.25) is 0 Å². The summed E-state index contributed by atoms with van der Waals surface area (Å²) in [5.41, 5.74) is 7.07. The highest BCUT2D eigenvalue weighted by Gasteiger charge is 2.48. The Morgan fingerprint density at radius 2 is 1.93 bits per heavy atom. The van der Waals surface area contributed by atoms with Crippen LogP contribution in [0.3, 0.4) is 0 Å². The molecule has 0 saturated heterocycles. The summed E-state index contributed by atoms with van der Waals surface area (Å²) in [6.07, 6.45) is 6.87. The van der Waals surface area contributed by atoms with E-state index in [1.54, 1.807) is 30.1 Å². The first-order chi connectivity index (χ1) is 13.9. The van der Waals surface area contributed by atoms with Gasteiger partial charge < -0.3 is 15.6 Å². The fourth-order valence-electron chi connectivity index (χ4n) is 4.72. The molecule has 3 saturated carbocycles. The molecule has 3 aromatic rings. The molecule has 2 heterocycles. The van der Waals surface area contributed by atoms with Gasteiger partial charge in [-0.1, -0.05) is 0 Å². The predicted octanol–water partition coefficient (Wildman–Crippen LogP) is 3.22. The maximum atomic E-state index is 14.8. The van der Waals surface area contributed by atoms with E-state index in [0.717, 1.165) is 38.5 Å². The molecular weight excluding hydrogens is 373 g/mol. The third-order valence-electron chi connectivity index (χ3n) is 6.70. The molecule has 0 radical (unpaired) electrons. The van der Waals surface area contributed by atoms with Crippen molar-refractivity contribution in [2.45, 2.75) is 44.1 Å². The minimum Gasteiger partial charge on any atom is -0.490 e. The highest BCUT2D eigenvalue weighted by Crippen LogP contribution is 2.52. The third kappa shape index (κ3) is 3.11. The lowest BCUT2D eigenvalue weighted by molar-refractivity contribution is -0.104. The van der Waals surface area contributed by atoms with Gasteiger partial charge >= 0.3 is 0 Å². The first-order valence-corrected chi connectivity index (χ1v) is 9.97. The number of anilines is 1. The van der Waals surface area contributed by atoms with Gasteiger partial charge in [0, 0.05) is 24.2 Å². The average Bonchev–Trinajstić information content (AvgIpc) is 3.04. The summed E-state index contributed by atoms with van der Waals surface area (Å²) >= 11 is 0. The van der Waals surface area contributed by atoms with Gasteiger partial charge in [0.1, 0.15) is 5.69 Å². The lowest BCUT2D eigenvalue weighted by Gasteiger charge is -2.50. The van der Waals surface area contributed by atoms with Gasteiger partial charge in [-0.25, -0.2) is 14.1 Å². The molecule has 1 aromatic carbocycles. The van der Waals surface area contributed by atoms with Crippen LogP contribution in [-0.4, -0.2) is 37.1 Å². The summed E-state index contributed by atoms with van der Waals surface area (Å²) in [4.78, 5) is 8.23. The van der Waals surface area contributed by atoms with Crippen molar-refractivity contribution < 1.29 is 14.2 Å². The minimum atomic E-state index is -0.478. The number of rotatable bonds is 4. The number of aromatic nitrogens is 4. The number of nitrogens with two attached hydrogens (primary N) is 1. The maximum Gasteiger partial charge on any atom is 0.222 e. The Kier molecular flexibility index (Phi) is 4.03. The molecule has 3 fully saturated rings. The standard InChI is InChI=1S/C21H24FN5O2/c1-27-18-14(11-24-19(23)25-18)17(26-27)13-2-3-16(15(22)10-13)29-12-20-4-7-21(28,8-5-20)9-6-20/h2-3,10-11,28H,4-9,12H2,1H3,(H2,23,24,25). The lowest BCUT2D eigenvalue weighted by atomic mass is 9.59. The van der Waals surface area contributed by atoms with Crippen molar-refractivity contribution in [3.8, 4) is 17.0 Å². The highest BCUT2D eigenvalue weighted by molar-refractivity contribution is 5.91. The number of hydrogen-bond donors (Lipinski definition) is 2. The first-order valence-electron chi connectivity index (χ1n) is 9.97. The second-order valence-corrected chi connectivity index (χ2v) is 8.60. The van der Waals surface area contributed by atoms with Crippen LogP contribution in [0.4, 0.5) is 10.3 Å². The van der Waals surface area contributed by atoms with E-state index in [-0.39, 0.29) is 17.1 Å². The Bertz CT molecular complexity index is 1070. The monoisotopic (exact) mass is 397 g/mol. The smallest absolute Gasteiger partial charge is 0.222 e. The van der Waals surface area contributed by atoms with Crippen molar-refractivity contribution in [2.24, 2.45) is 12.5 Å². The van der Waals surface area contributed by atoms with Crippen LogP contribution >= 0.6 is 0 Å². The molecule has 6 rings (SSSR count). The second-order valence-electron chi connectivity index (χ2n) is 8.60. The number of halogens is 1. The largest absolute Gasteiger partial charge is 0.490 e. The zero-order valence-corrected chi connectivity index (χ0v) is 16.4. The van der Waals surface area contributed by atoms with Gasteiger partial charge in [0.05, 0.1) is 17.6 Å². The Balaban J connectivity index is 1.37. The summed E-state index contributed by atoms with van der Waals surface area (Å²) in [6, 6.07) is 4.89. The molecule has 29 heavy (non-hydrogen) atoms. The molecule has 8 heteroatoms. The molecule has 152 valence electrons. The van der Waals surface area contributed by atoms with Crippen LogP contribution in [0, 0.1) is 11.2 Å². The molecule has 3 N–H and O–H groups in total. The summed E-state index contributed by atoms with van der Waals surface area (Å²) < 4.78 is 22.3. The maximum absolute atomic E-state index is 14.8. The number of nitrogens with zero attached hydrogens (tertiary/aromatic N) is 4. The summed E-state index contributed by atoms with van der Waals surface area (Å²) in [7, 11) is 1.76.